The first-order valence-electron chi connectivity index (χ1n) is 9.68. The fraction of sp³-hybridized carbons (Fsp3) is 0.160. The third kappa shape index (κ3) is 3.43. The van der Waals surface area contributed by atoms with E-state index in [2.05, 4.69) is 46.1 Å². The Bertz CT molecular complexity index is 999. The Morgan fingerprint density at radius 3 is 2.14 bits per heavy atom. The predicted octanol–water partition coefficient (Wildman–Crippen LogP) is 5.42. The summed E-state index contributed by atoms with van der Waals surface area (Å²) in [7, 11) is 0. The zero-order valence-electron chi connectivity index (χ0n) is 16.3. The minimum absolute atomic E-state index is 0.0652. The van der Waals surface area contributed by atoms with Gasteiger partial charge < -0.3 is 4.90 Å². The molecule has 0 saturated carbocycles. The van der Waals surface area contributed by atoms with Crippen LogP contribution in [0, 0.1) is 16.7 Å². The largest absolute Gasteiger partial charge is 0.334 e. The maximum absolute atomic E-state index is 10.5. The molecule has 0 amide bonds. The van der Waals surface area contributed by atoms with E-state index in [1.807, 2.05) is 73.1 Å². The number of benzene rings is 1. The SMILES string of the molecule is CC(N(c1cccnc1)c1cccnc1)C1(C#N)C=CC=CC1c1ccccc1. The van der Waals surface area contributed by atoms with Gasteiger partial charge in [0.2, 0.25) is 0 Å². The van der Waals surface area contributed by atoms with Crippen LogP contribution in [-0.4, -0.2) is 16.0 Å². The Hall–Kier alpha value is -3.71. The van der Waals surface area contributed by atoms with Crippen LogP contribution in [0.15, 0.2) is 104 Å². The van der Waals surface area contributed by atoms with Crippen molar-refractivity contribution in [2.75, 3.05) is 4.90 Å². The number of hydrogen-bond donors (Lipinski definition) is 0. The molecule has 1 aliphatic carbocycles. The van der Waals surface area contributed by atoms with E-state index >= 15 is 0 Å². The van der Waals surface area contributed by atoms with Crippen LogP contribution in [0.2, 0.25) is 0 Å². The van der Waals surface area contributed by atoms with Gasteiger partial charge in [-0.25, -0.2) is 0 Å². The van der Waals surface area contributed by atoms with Crippen LogP contribution >= 0.6 is 0 Å². The lowest BCUT2D eigenvalue weighted by Gasteiger charge is -2.44. The molecule has 0 N–H and O–H groups in total. The van der Waals surface area contributed by atoms with Gasteiger partial charge in [0, 0.05) is 18.3 Å². The van der Waals surface area contributed by atoms with Crippen molar-refractivity contribution in [2.24, 2.45) is 5.41 Å². The number of rotatable bonds is 5. The maximum atomic E-state index is 10.5. The molecule has 0 saturated heterocycles. The lowest BCUT2D eigenvalue weighted by molar-refractivity contribution is 0.371. The summed E-state index contributed by atoms with van der Waals surface area (Å²) >= 11 is 0. The van der Waals surface area contributed by atoms with Crippen molar-refractivity contribution in [3.05, 3.63) is 109 Å². The number of aromatic nitrogens is 2. The van der Waals surface area contributed by atoms with Crippen molar-refractivity contribution in [3.8, 4) is 6.07 Å². The van der Waals surface area contributed by atoms with Gasteiger partial charge in [0.05, 0.1) is 35.9 Å². The molecule has 142 valence electrons. The quantitative estimate of drug-likeness (QED) is 0.594. The molecule has 3 unspecified atom stereocenters. The number of nitrogens with zero attached hydrogens (tertiary/aromatic N) is 4. The molecule has 4 nitrogen and oxygen atoms in total. The van der Waals surface area contributed by atoms with E-state index in [0.29, 0.717) is 0 Å². The van der Waals surface area contributed by atoms with Gasteiger partial charge >= 0.3 is 0 Å². The van der Waals surface area contributed by atoms with Gasteiger partial charge in [0.25, 0.3) is 0 Å². The zero-order valence-corrected chi connectivity index (χ0v) is 16.3. The molecule has 3 atom stereocenters. The van der Waals surface area contributed by atoms with Crippen LogP contribution < -0.4 is 4.90 Å². The second-order valence-corrected chi connectivity index (χ2v) is 7.15. The van der Waals surface area contributed by atoms with Crippen LogP contribution in [-0.2, 0) is 0 Å². The smallest absolute Gasteiger partial charge is 0.106 e. The maximum Gasteiger partial charge on any atom is 0.106 e. The molecule has 1 aliphatic rings. The van der Waals surface area contributed by atoms with Crippen molar-refractivity contribution in [1.82, 2.24) is 9.97 Å². The van der Waals surface area contributed by atoms with E-state index in [0.717, 1.165) is 16.9 Å². The van der Waals surface area contributed by atoms with Gasteiger partial charge in [-0.1, -0.05) is 54.6 Å². The Balaban J connectivity index is 1.85. The molecule has 2 heterocycles. The van der Waals surface area contributed by atoms with Gasteiger partial charge in [-0.2, -0.15) is 5.26 Å². The van der Waals surface area contributed by atoms with Crippen molar-refractivity contribution < 1.29 is 0 Å². The highest BCUT2D eigenvalue weighted by Crippen LogP contribution is 2.47. The fourth-order valence-electron chi connectivity index (χ4n) is 4.10. The Kier molecular flexibility index (Phi) is 5.22. The number of pyridine rings is 2. The second kappa shape index (κ2) is 8.12. The van der Waals surface area contributed by atoms with Crippen LogP contribution in [0.5, 0.6) is 0 Å². The van der Waals surface area contributed by atoms with Gasteiger partial charge in [-0.15, -0.1) is 0 Å². The lowest BCUT2D eigenvalue weighted by atomic mass is 9.66. The minimum atomic E-state index is -0.762. The lowest BCUT2D eigenvalue weighted by Crippen LogP contribution is -2.46. The fourth-order valence-corrected chi connectivity index (χ4v) is 4.10. The molecule has 0 fully saturated rings. The summed E-state index contributed by atoms with van der Waals surface area (Å²) in [5, 5.41) is 10.5. The van der Waals surface area contributed by atoms with E-state index in [9.17, 15) is 5.26 Å². The van der Waals surface area contributed by atoms with Gasteiger partial charge in [0.1, 0.15) is 5.41 Å². The summed E-state index contributed by atoms with van der Waals surface area (Å²) in [6.45, 7) is 2.10. The van der Waals surface area contributed by atoms with Crippen LogP contribution in [0.25, 0.3) is 0 Å². The van der Waals surface area contributed by atoms with Crippen molar-refractivity contribution in [3.63, 3.8) is 0 Å². The van der Waals surface area contributed by atoms with Gasteiger partial charge in [-0.3, -0.25) is 9.97 Å². The average Bonchev–Trinajstić information content (AvgIpc) is 2.81. The minimum Gasteiger partial charge on any atom is -0.334 e. The second-order valence-electron chi connectivity index (χ2n) is 7.15. The third-order valence-electron chi connectivity index (χ3n) is 5.58. The zero-order chi connectivity index (χ0) is 20.1. The average molecular weight is 378 g/mol. The molecular formula is C25H22N4. The van der Waals surface area contributed by atoms with E-state index in [-0.39, 0.29) is 12.0 Å². The van der Waals surface area contributed by atoms with Crippen molar-refractivity contribution in [1.29, 1.82) is 5.26 Å². The monoisotopic (exact) mass is 378 g/mol. The molecular weight excluding hydrogens is 356 g/mol. The molecule has 0 bridgehead atoms. The normalized spacial score (nSPS) is 21.3. The van der Waals surface area contributed by atoms with Crippen LogP contribution in [0.4, 0.5) is 11.4 Å². The first kappa shape index (κ1) is 18.6. The van der Waals surface area contributed by atoms with E-state index in [4.69, 9.17) is 0 Å². The summed E-state index contributed by atoms with van der Waals surface area (Å²) in [6, 6.07) is 20.6. The van der Waals surface area contributed by atoms with E-state index < -0.39 is 5.41 Å². The topological polar surface area (TPSA) is 52.8 Å². The van der Waals surface area contributed by atoms with E-state index in [1.165, 1.54) is 0 Å². The Morgan fingerprint density at radius 2 is 1.59 bits per heavy atom. The van der Waals surface area contributed by atoms with Gasteiger partial charge in [-0.05, 0) is 36.8 Å². The summed E-state index contributed by atoms with van der Waals surface area (Å²) in [6.07, 6.45) is 15.3. The molecule has 3 aromatic rings. The Morgan fingerprint density at radius 1 is 0.931 bits per heavy atom. The summed E-state index contributed by atoms with van der Waals surface area (Å²) in [4.78, 5) is 10.8. The number of nitriles is 1. The summed E-state index contributed by atoms with van der Waals surface area (Å²) in [5.74, 6) is -0.0652. The third-order valence-corrected chi connectivity index (χ3v) is 5.58. The van der Waals surface area contributed by atoms with Gasteiger partial charge in [0.15, 0.2) is 0 Å². The van der Waals surface area contributed by atoms with Crippen molar-refractivity contribution >= 4 is 11.4 Å². The summed E-state index contributed by atoms with van der Waals surface area (Å²) in [5.41, 5.74) is 2.22. The summed E-state index contributed by atoms with van der Waals surface area (Å²) < 4.78 is 0. The number of hydrogen-bond acceptors (Lipinski definition) is 4. The first-order chi connectivity index (χ1) is 14.3. The molecule has 4 heteroatoms. The van der Waals surface area contributed by atoms with Crippen LogP contribution in [0.1, 0.15) is 18.4 Å². The standard InChI is InChI=1S/C25H22N4/c1-20(29(22-11-7-15-27-17-22)23-12-8-16-28-18-23)25(19-26)14-6-5-13-24(25)21-9-3-2-4-10-21/h2-18,20,24H,1H3. The molecule has 0 aliphatic heterocycles. The highest BCUT2D eigenvalue weighted by molar-refractivity contribution is 5.64. The molecule has 29 heavy (non-hydrogen) atoms. The molecule has 0 spiro atoms. The first-order valence-corrected chi connectivity index (χ1v) is 9.68. The molecule has 4 rings (SSSR count). The van der Waals surface area contributed by atoms with E-state index in [1.54, 1.807) is 12.4 Å². The molecule has 1 aromatic carbocycles. The number of anilines is 2. The Labute approximate surface area is 171 Å². The van der Waals surface area contributed by atoms with Crippen molar-refractivity contribution in [2.45, 2.75) is 18.9 Å². The molecule has 2 aromatic heterocycles. The number of allylic oxidation sites excluding steroid dienone is 3. The highest BCUT2D eigenvalue weighted by atomic mass is 15.2. The molecule has 0 radical (unpaired) electrons. The van der Waals surface area contributed by atoms with Crippen LogP contribution in [0.3, 0.4) is 0 Å². The highest BCUT2D eigenvalue weighted by Gasteiger charge is 2.45. The predicted molar refractivity (Wildman–Crippen MR) is 116 cm³/mol.